The van der Waals surface area contributed by atoms with Gasteiger partial charge in [0, 0.05) is 37.1 Å². The minimum absolute atomic E-state index is 0.229. The van der Waals surface area contributed by atoms with Gasteiger partial charge in [-0.05, 0) is 31.7 Å². The first-order valence-electron chi connectivity index (χ1n) is 6.88. The van der Waals surface area contributed by atoms with E-state index in [0.717, 1.165) is 16.8 Å². The number of aromatic nitrogens is 2. The molecule has 6 nitrogen and oxygen atoms in total. The van der Waals surface area contributed by atoms with E-state index in [-0.39, 0.29) is 12.1 Å². The first kappa shape index (κ1) is 15.1. The molecule has 2 amide bonds. The predicted molar refractivity (Wildman–Crippen MR) is 83.0 cm³/mol. The van der Waals surface area contributed by atoms with Crippen LogP contribution in [0, 0.1) is 0 Å². The van der Waals surface area contributed by atoms with Gasteiger partial charge in [-0.2, -0.15) is 5.10 Å². The fraction of sp³-hybridized carbons (Fsp3) is 0.333. The highest BCUT2D eigenvalue weighted by atomic mass is 16.2. The van der Waals surface area contributed by atoms with Gasteiger partial charge >= 0.3 is 6.03 Å². The molecule has 0 aliphatic heterocycles. The zero-order chi connectivity index (χ0) is 15.2. The molecule has 0 saturated carbocycles. The number of hydrogen-bond acceptors (Lipinski definition) is 3. The van der Waals surface area contributed by atoms with E-state index in [1.54, 1.807) is 10.9 Å². The fourth-order valence-corrected chi connectivity index (χ4v) is 1.97. The van der Waals surface area contributed by atoms with E-state index in [0.29, 0.717) is 6.54 Å². The molecule has 0 spiro atoms. The van der Waals surface area contributed by atoms with Crippen LogP contribution in [-0.4, -0.2) is 22.9 Å². The zero-order valence-corrected chi connectivity index (χ0v) is 12.6. The van der Waals surface area contributed by atoms with Gasteiger partial charge < -0.3 is 16.0 Å². The van der Waals surface area contributed by atoms with Crippen molar-refractivity contribution in [1.29, 1.82) is 0 Å². The van der Waals surface area contributed by atoms with Crippen molar-refractivity contribution >= 4 is 11.7 Å². The molecular formula is C15H21N5O. The lowest BCUT2D eigenvalue weighted by Gasteiger charge is -2.13. The summed E-state index contributed by atoms with van der Waals surface area (Å²) in [5.74, 6) is 0. The van der Waals surface area contributed by atoms with E-state index < -0.39 is 0 Å². The Balaban J connectivity index is 1.90. The third kappa shape index (κ3) is 4.32. The molecule has 0 radical (unpaired) electrons. The maximum atomic E-state index is 11.9. The van der Waals surface area contributed by atoms with Crippen LogP contribution < -0.4 is 16.0 Å². The number of anilines is 1. The molecule has 0 aliphatic carbocycles. The van der Waals surface area contributed by atoms with E-state index in [9.17, 15) is 4.79 Å². The van der Waals surface area contributed by atoms with Crippen LogP contribution >= 0.6 is 0 Å². The average Bonchev–Trinajstić information content (AvgIpc) is 2.90. The van der Waals surface area contributed by atoms with Crippen LogP contribution in [0.1, 0.15) is 24.1 Å². The highest BCUT2D eigenvalue weighted by molar-refractivity contribution is 5.89. The normalized spacial score (nSPS) is 12.0. The van der Waals surface area contributed by atoms with Crippen LogP contribution in [0.2, 0.25) is 0 Å². The molecular weight excluding hydrogens is 266 g/mol. The number of nitrogens with zero attached hydrogens (tertiary/aromatic N) is 2. The quantitative estimate of drug-likeness (QED) is 0.788. The third-order valence-corrected chi connectivity index (χ3v) is 3.29. The second-order valence-corrected chi connectivity index (χ2v) is 4.97. The van der Waals surface area contributed by atoms with Crippen molar-refractivity contribution in [3.05, 3.63) is 47.8 Å². The van der Waals surface area contributed by atoms with Gasteiger partial charge in [-0.1, -0.05) is 12.1 Å². The lowest BCUT2D eigenvalue weighted by atomic mass is 10.1. The Morgan fingerprint density at radius 1 is 1.43 bits per heavy atom. The first-order chi connectivity index (χ1) is 10.1. The molecule has 1 aromatic heterocycles. The second-order valence-electron chi connectivity index (χ2n) is 4.97. The van der Waals surface area contributed by atoms with Crippen molar-refractivity contribution in [3.8, 4) is 0 Å². The Morgan fingerprint density at radius 2 is 2.24 bits per heavy atom. The van der Waals surface area contributed by atoms with Crippen LogP contribution in [0.25, 0.3) is 0 Å². The molecule has 2 rings (SSSR count). The van der Waals surface area contributed by atoms with Crippen molar-refractivity contribution < 1.29 is 4.79 Å². The van der Waals surface area contributed by atoms with Crippen molar-refractivity contribution in [3.63, 3.8) is 0 Å². The number of hydrogen-bond donors (Lipinski definition) is 3. The van der Waals surface area contributed by atoms with Crippen LogP contribution in [0.5, 0.6) is 0 Å². The summed E-state index contributed by atoms with van der Waals surface area (Å²) in [7, 11) is 3.75. The molecule has 0 fully saturated rings. The summed E-state index contributed by atoms with van der Waals surface area (Å²) in [5.41, 5.74) is 2.87. The number of carbonyl (C=O) groups excluding carboxylic acids is 1. The average molecular weight is 287 g/mol. The zero-order valence-electron chi connectivity index (χ0n) is 12.6. The molecule has 0 aliphatic rings. The largest absolute Gasteiger partial charge is 0.334 e. The predicted octanol–water partition coefficient (Wildman–Crippen LogP) is 2.02. The number of aryl methyl sites for hydroxylation is 1. The fourth-order valence-electron chi connectivity index (χ4n) is 1.97. The molecule has 1 heterocycles. The summed E-state index contributed by atoms with van der Waals surface area (Å²) in [5, 5.41) is 12.9. The molecule has 3 N–H and O–H groups in total. The molecule has 1 atom stereocenters. The van der Waals surface area contributed by atoms with Crippen LogP contribution in [0.3, 0.4) is 0 Å². The first-order valence-corrected chi connectivity index (χ1v) is 6.88. The lowest BCUT2D eigenvalue weighted by molar-refractivity contribution is 0.251. The molecule has 6 heteroatoms. The van der Waals surface area contributed by atoms with Crippen molar-refractivity contribution in [2.75, 3.05) is 12.4 Å². The number of nitrogens with one attached hydrogen (secondary N) is 3. The number of urea groups is 1. The van der Waals surface area contributed by atoms with Gasteiger partial charge in [-0.3, -0.25) is 4.68 Å². The van der Waals surface area contributed by atoms with E-state index in [1.807, 2.05) is 44.6 Å². The highest BCUT2D eigenvalue weighted by Crippen LogP contribution is 2.16. The van der Waals surface area contributed by atoms with Gasteiger partial charge in [-0.15, -0.1) is 0 Å². The molecule has 0 saturated heterocycles. The summed E-state index contributed by atoms with van der Waals surface area (Å²) in [6.07, 6.45) is 3.60. The molecule has 112 valence electrons. The van der Waals surface area contributed by atoms with Gasteiger partial charge in [0.1, 0.15) is 0 Å². The SMILES string of the molecule is CNC(C)c1cccc(NC(=O)NCc2cnn(C)c2)c1. The maximum absolute atomic E-state index is 11.9. The van der Waals surface area contributed by atoms with E-state index >= 15 is 0 Å². The van der Waals surface area contributed by atoms with E-state index in [4.69, 9.17) is 0 Å². The Bertz CT molecular complexity index is 608. The molecule has 1 unspecified atom stereocenters. The van der Waals surface area contributed by atoms with Gasteiger partial charge in [0.25, 0.3) is 0 Å². The van der Waals surface area contributed by atoms with Crippen LogP contribution in [0.4, 0.5) is 10.5 Å². The minimum Gasteiger partial charge on any atom is -0.334 e. The number of rotatable bonds is 5. The Morgan fingerprint density at radius 3 is 2.90 bits per heavy atom. The summed E-state index contributed by atoms with van der Waals surface area (Å²) >= 11 is 0. The van der Waals surface area contributed by atoms with Gasteiger partial charge in [-0.25, -0.2) is 4.79 Å². The number of carbonyl (C=O) groups is 1. The molecule has 1 aromatic carbocycles. The topological polar surface area (TPSA) is 71.0 Å². The van der Waals surface area contributed by atoms with Crippen LogP contribution in [-0.2, 0) is 13.6 Å². The molecule has 2 aromatic rings. The van der Waals surface area contributed by atoms with E-state index in [2.05, 4.69) is 28.0 Å². The summed E-state index contributed by atoms with van der Waals surface area (Å²) in [6.45, 7) is 2.52. The highest BCUT2D eigenvalue weighted by Gasteiger charge is 2.06. The smallest absolute Gasteiger partial charge is 0.319 e. The minimum atomic E-state index is -0.229. The van der Waals surface area contributed by atoms with E-state index in [1.165, 1.54) is 0 Å². The van der Waals surface area contributed by atoms with Crippen molar-refractivity contribution in [2.45, 2.75) is 19.5 Å². The Hall–Kier alpha value is -2.34. The van der Waals surface area contributed by atoms with Gasteiger partial charge in [0.15, 0.2) is 0 Å². The van der Waals surface area contributed by atoms with Crippen LogP contribution in [0.15, 0.2) is 36.7 Å². The summed E-state index contributed by atoms with van der Waals surface area (Å²) in [4.78, 5) is 11.9. The molecule has 21 heavy (non-hydrogen) atoms. The third-order valence-electron chi connectivity index (χ3n) is 3.29. The molecule has 0 bridgehead atoms. The van der Waals surface area contributed by atoms with Crippen molar-refractivity contribution in [2.24, 2.45) is 7.05 Å². The van der Waals surface area contributed by atoms with Gasteiger partial charge in [0.2, 0.25) is 0 Å². The van der Waals surface area contributed by atoms with Gasteiger partial charge in [0.05, 0.1) is 6.20 Å². The number of amides is 2. The van der Waals surface area contributed by atoms with Crippen molar-refractivity contribution in [1.82, 2.24) is 20.4 Å². The summed E-state index contributed by atoms with van der Waals surface area (Å²) in [6, 6.07) is 7.80. The monoisotopic (exact) mass is 287 g/mol. The maximum Gasteiger partial charge on any atom is 0.319 e. The lowest BCUT2D eigenvalue weighted by Crippen LogP contribution is -2.28. The summed E-state index contributed by atoms with van der Waals surface area (Å²) < 4.78 is 1.71. The standard InChI is InChI=1S/C15H21N5O/c1-11(16-2)13-5-4-6-14(7-13)19-15(21)17-8-12-9-18-20(3)10-12/h4-7,9-11,16H,8H2,1-3H3,(H2,17,19,21). The Labute approximate surface area is 124 Å². The second kappa shape index (κ2) is 6.90. The number of benzene rings is 1. The Kier molecular flexibility index (Phi) is 4.94.